The Labute approximate surface area is 143 Å². The van der Waals surface area contributed by atoms with Crippen LogP contribution >= 0.6 is 0 Å². The van der Waals surface area contributed by atoms with Gasteiger partial charge in [0, 0.05) is 7.05 Å². The van der Waals surface area contributed by atoms with E-state index in [0.29, 0.717) is 30.0 Å². The van der Waals surface area contributed by atoms with Crippen molar-refractivity contribution in [3.63, 3.8) is 0 Å². The smallest absolute Gasteiger partial charge is 0.408 e. The minimum Gasteiger partial charge on any atom is -0.444 e. The van der Waals surface area contributed by atoms with Crippen molar-refractivity contribution in [1.29, 1.82) is 0 Å². The molecule has 2 fully saturated rings. The van der Waals surface area contributed by atoms with Crippen LogP contribution in [0.1, 0.15) is 53.4 Å². The Balaban J connectivity index is 2.11. The minimum atomic E-state index is -4.15. The molecule has 138 valence electrons. The summed E-state index contributed by atoms with van der Waals surface area (Å²) in [6, 6.07) is 0. The molecule has 0 aromatic heterocycles. The first-order valence-corrected chi connectivity index (χ1v) is 9.50. The molecular formula is C15H26N2O6S. The third-order valence-electron chi connectivity index (χ3n) is 4.11. The number of amides is 2. The van der Waals surface area contributed by atoms with Crippen molar-refractivity contribution in [2.45, 2.75) is 70.6 Å². The van der Waals surface area contributed by atoms with Gasteiger partial charge in [-0.1, -0.05) is 13.3 Å². The number of ether oxygens (including phenoxy) is 1. The fourth-order valence-electron chi connectivity index (χ4n) is 2.56. The van der Waals surface area contributed by atoms with E-state index in [2.05, 4.69) is 5.32 Å². The lowest BCUT2D eigenvalue weighted by Crippen LogP contribution is -2.53. The highest BCUT2D eigenvalue weighted by atomic mass is 32.2. The van der Waals surface area contributed by atoms with Crippen molar-refractivity contribution in [2.75, 3.05) is 7.05 Å². The van der Waals surface area contributed by atoms with E-state index >= 15 is 0 Å². The average Bonchev–Trinajstić information content (AvgIpc) is 3.32. The average molecular weight is 362 g/mol. The van der Waals surface area contributed by atoms with Crippen molar-refractivity contribution >= 4 is 22.3 Å². The summed E-state index contributed by atoms with van der Waals surface area (Å²) < 4.78 is 35.0. The van der Waals surface area contributed by atoms with Gasteiger partial charge in [0.25, 0.3) is 5.91 Å². The van der Waals surface area contributed by atoms with Crippen LogP contribution in [0.15, 0.2) is 0 Å². The lowest BCUT2D eigenvalue weighted by Gasteiger charge is -2.26. The number of carbonyl (C=O) groups is 2. The van der Waals surface area contributed by atoms with E-state index < -0.39 is 33.4 Å². The van der Waals surface area contributed by atoms with Crippen LogP contribution in [0.3, 0.4) is 0 Å². The van der Waals surface area contributed by atoms with Crippen LogP contribution in [0, 0.1) is 5.92 Å². The van der Waals surface area contributed by atoms with Crippen LogP contribution in [-0.2, 0) is 24.0 Å². The highest BCUT2D eigenvalue weighted by Crippen LogP contribution is 2.47. The van der Waals surface area contributed by atoms with Crippen molar-refractivity contribution < 1.29 is 26.9 Å². The maximum atomic E-state index is 12.7. The molecule has 2 unspecified atom stereocenters. The molecule has 0 aromatic carbocycles. The van der Waals surface area contributed by atoms with E-state index in [1.807, 2.05) is 6.92 Å². The first-order valence-electron chi connectivity index (χ1n) is 8.14. The Morgan fingerprint density at radius 2 is 1.88 bits per heavy atom. The Kier molecular flexibility index (Phi) is 4.89. The summed E-state index contributed by atoms with van der Waals surface area (Å²) >= 11 is 0. The lowest BCUT2D eigenvalue weighted by molar-refractivity contribution is -0.129. The molecule has 24 heavy (non-hydrogen) atoms. The molecule has 0 bridgehead atoms. The lowest BCUT2D eigenvalue weighted by atomic mass is 10.1. The predicted molar refractivity (Wildman–Crippen MR) is 86.3 cm³/mol. The molecule has 1 N–H and O–H groups in total. The van der Waals surface area contributed by atoms with Gasteiger partial charge in [-0.2, -0.15) is 8.42 Å². The number of hydrogen-bond acceptors (Lipinski definition) is 6. The quantitative estimate of drug-likeness (QED) is 0.769. The fraction of sp³-hybridized carbons (Fsp3) is 0.867. The molecule has 0 heterocycles. The van der Waals surface area contributed by atoms with Gasteiger partial charge in [-0.25, -0.2) is 9.10 Å². The van der Waals surface area contributed by atoms with Crippen LogP contribution in [-0.4, -0.2) is 49.0 Å². The zero-order valence-corrected chi connectivity index (χ0v) is 15.6. The van der Waals surface area contributed by atoms with Crippen molar-refractivity contribution in [1.82, 2.24) is 9.62 Å². The molecule has 2 atom stereocenters. The van der Waals surface area contributed by atoms with Crippen LogP contribution in [0.5, 0.6) is 0 Å². The maximum absolute atomic E-state index is 12.7. The van der Waals surface area contributed by atoms with Gasteiger partial charge in [0.1, 0.15) is 11.1 Å². The van der Waals surface area contributed by atoms with Gasteiger partial charge in [-0.3, -0.25) is 8.98 Å². The number of rotatable bonds is 6. The van der Waals surface area contributed by atoms with E-state index in [1.54, 1.807) is 20.8 Å². The van der Waals surface area contributed by atoms with Gasteiger partial charge in [-0.15, -0.1) is 0 Å². The van der Waals surface area contributed by atoms with E-state index in [0.717, 1.165) is 7.05 Å². The first kappa shape index (κ1) is 19.0. The summed E-state index contributed by atoms with van der Waals surface area (Å²) in [4.78, 5) is 24.8. The summed E-state index contributed by atoms with van der Waals surface area (Å²) in [5, 5.41) is 2.57. The highest BCUT2D eigenvalue weighted by molar-refractivity contribution is 7.84. The second kappa shape index (κ2) is 6.18. The molecule has 2 aliphatic rings. The number of nitrogens with one attached hydrogen (secondary N) is 1. The molecule has 8 nitrogen and oxygen atoms in total. The molecule has 2 amide bonds. The number of nitrogens with zero attached hydrogens (tertiary/aromatic N) is 1. The Hall–Kier alpha value is -1.35. The van der Waals surface area contributed by atoms with E-state index in [1.165, 1.54) is 0 Å². The Morgan fingerprint density at radius 1 is 1.29 bits per heavy atom. The van der Waals surface area contributed by atoms with Crippen LogP contribution < -0.4 is 5.32 Å². The predicted octanol–water partition coefficient (Wildman–Crippen LogP) is 1.56. The largest absolute Gasteiger partial charge is 0.444 e. The van der Waals surface area contributed by atoms with Crippen molar-refractivity contribution in [3.05, 3.63) is 0 Å². The molecule has 2 aliphatic carbocycles. The molecule has 0 radical (unpaired) electrons. The Bertz CT molecular complexity index is 622. The summed E-state index contributed by atoms with van der Waals surface area (Å²) in [6.07, 6.45) is 1.27. The van der Waals surface area contributed by atoms with E-state index in [9.17, 15) is 18.0 Å². The molecule has 0 spiro atoms. The summed E-state index contributed by atoms with van der Waals surface area (Å²) in [6.45, 7) is 7.02. The molecule has 0 aliphatic heterocycles. The maximum Gasteiger partial charge on any atom is 0.408 e. The topological polar surface area (TPSA) is 102 Å². The van der Waals surface area contributed by atoms with Gasteiger partial charge in [0.15, 0.2) is 0 Å². The molecule has 0 saturated heterocycles. The van der Waals surface area contributed by atoms with Gasteiger partial charge in [-0.05, 0) is 46.0 Å². The number of likely N-dealkylation sites (N-methyl/N-ethyl adjacent to an activating group) is 1. The standard InChI is InChI=1S/C15H26N2O6S/c1-6-10-9-15(10,16-13(19)22-14(2,3)4)12(18)17(5)24(20,21)23-11-7-8-11/h10-11H,6-9H2,1-5H3,(H,16,19). The third kappa shape index (κ3) is 4.18. The van der Waals surface area contributed by atoms with Gasteiger partial charge >= 0.3 is 16.4 Å². The van der Waals surface area contributed by atoms with Crippen LogP contribution in [0.2, 0.25) is 0 Å². The number of alkyl carbamates (subject to hydrolysis) is 1. The zero-order valence-electron chi connectivity index (χ0n) is 14.8. The molecule has 0 aromatic rings. The second-order valence-corrected chi connectivity index (χ2v) is 9.03. The minimum absolute atomic E-state index is 0.129. The highest BCUT2D eigenvalue weighted by Gasteiger charge is 2.62. The molecule has 2 rings (SSSR count). The summed E-state index contributed by atoms with van der Waals surface area (Å²) in [5.74, 6) is -0.822. The van der Waals surface area contributed by atoms with Gasteiger partial charge in [0.2, 0.25) is 0 Å². The van der Waals surface area contributed by atoms with E-state index in [4.69, 9.17) is 8.92 Å². The zero-order chi connectivity index (χ0) is 18.3. The molecular weight excluding hydrogens is 336 g/mol. The summed E-state index contributed by atoms with van der Waals surface area (Å²) in [5.41, 5.74) is -1.95. The SMILES string of the molecule is CCC1CC1(NC(=O)OC(C)(C)C)C(=O)N(C)S(=O)(=O)OC1CC1. The molecule has 9 heteroatoms. The van der Waals surface area contributed by atoms with Crippen LogP contribution in [0.4, 0.5) is 4.79 Å². The number of carbonyl (C=O) groups excluding carboxylic acids is 2. The van der Waals surface area contributed by atoms with Gasteiger partial charge < -0.3 is 10.1 Å². The van der Waals surface area contributed by atoms with Crippen molar-refractivity contribution in [3.8, 4) is 0 Å². The second-order valence-electron chi connectivity index (χ2n) is 7.43. The van der Waals surface area contributed by atoms with E-state index in [-0.39, 0.29) is 12.0 Å². The summed E-state index contributed by atoms with van der Waals surface area (Å²) in [7, 11) is -2.99. The molecule has 2 saturated carbocycles. The number of hydrogen-bond donors (Lipinski definition) is 1. The third-order valence-corrected chi connectivity index (χ3v) is 5.46. The van der Waals surface area contributed by atoms with Crippen molar-refractivity contribution in [2.24, 2.45) is 5.92 Å². The fourth-order valence-corrected chi connectivity index (χ4v) is 3.59. The first-order chi connectivity index (χ1) is 10.9. The monoisotopic (exact) mass is 362 g/mol. The normalized spacial score (nSPS) is 26.6. The van der Waals surface area contributed by atoms with Crippen LogP contribution in [0.25, 0.3) is 0 Å². The Morgan fingerprint density at radius 3 is 2.29 bits per heavy atom. The van der Waals surface area contributed by atoms with Gasteiger partial charge in [0.05, 0.1) is 6.10 Å².